The first-order chi connectivity index (χ1) is 7.06. The highest BCUT2D eigenvalue weighted by atomic mass is 16.4. The molecule has 0 amide bonds. The first-order valence-corrected chi connectivity index (χ1v) is 4.94. The molecule has 0 saturated heterocycles. The van der Waals surface area contributed by atoms with Crippen LogP contribution in [0.1, 0.15) is 30.6 Å². The lowest BCUT2D eigenvalue weighted by atomic mass is 10.1. The van der Waals surface area contributed by atoms with Crippen LogP contribution in [0.4, 0.5) is 11.4 Å². The molecule has 4 N–H and O–H groups in total. The van der Waals surface area contributed by atoms with E-state index in [2.05, 4.69) is 12.2 Å². The van der Waals surface area contributed by atoms with Crippen molar-refractivity contribution in [3.8, 4) is 0 Å². The van der Waals surface area contributed by atoms with Crippen molar-refractivity contribution < 1.29 is 9.90 Å². The number of carboxylic acids is 1. The molecule has 0 aliphatic rings. The zero-order valence-corrected chi connectivity index (χ0v) is 8.95. The summed E-state index contributed by atoms with van der Waals surface area (Å²) in [6.07, 6.45) is 0.955. The summed E-state index contributed by atoms with van der Waals surface area (Å²) in [7, 11) is 0. The molecule has 4 heteroatoms. The molecule has 4 nitrogen and oxygen atoms in total. The number of nitrogens with two attached hydrogens (primary N) is 1. The first-order valence-electron chi connectivity index (χ1n) is 4.94. The second kappa shape index (κ2) is 4.68. The topological polar surface area (TPSA) is 75.3 Å². The highest BCUT2D eigenvalue weighted by Gasteiger charge is 2.11. The zero-order valence-electron chi connectivity index (χ0n) is 8.95. The van der Waals surface area contributed by atoms with Gasteiger partial charge in [-0.05, 0) is 25.5 Å². The highest BCUT2D eigenvalue weighted by Crippen LogP contribution is 2.23. The summed E-state index contributed by atoms with van der Waals surface area (Å²) in [6.45, 7) is 4.07. The van der Waals surface area contributed by atoms with Crippen molar-refractivity contribution in [3.05, 3.63) is 23.8 Å². The van der Waals surface area contributed by atoms with Crippen LogP contribution in [0.25, 0.3) is 0 Å². The normalized spacial score (nSPS) is 12.1. The molecule has 1 aromatic rings. The van der Waals surface area contributed by atoms with Gasteiger partial charge in [-0.25, -0.2) is 4.79 Å². The lowest BCUT2D eigenvalue weighted by molar-refractivity contribution is 0.0698. The maximum atomic E-state index is 10.8. The third kappa shape index (κ3) is 2.62. The van der Waals surface area contributed by atoms with E-state index in [1.165, 1.54) is 6.07 Å². The smallest absolute Gasteiger partial charge is 0.337 e. The van der Waals surface area contributed by atoms with E-state index >= 15 is 0 Å². The molecule has 0 saturated carbocycles. The van der Waals surface area contributed by atoms with Gasteiger partial charge in [-0.1, -0.05) is 13.0 Å². The maximum Gasteiger partial charge on any atom is 0.337 e. The molecule has 82 valence electrons. The van der Waals surface area contributed by atoms with E-state index in [1.54, 1.807) is 12.1 Å². The molecular formula is C11H16N2O2. The molecule has 0 fully saturated rings. The molecule has 0 bridgehead atoms. The number of carbonyl (C=O) groups is 1. The number of aromatic carboxylic acids is 1. The Morgan fingerprint density at radius 2 is 2.27 bits per heavy atom. The largest absolute Gasteiger partial charge is 0.478 e. The minimum Gasteiger partial charge on any atom is -0.478 e. The molecule has 0 heterocycles. The summed E-state index contributed by atoms with van der Waals surface area (Å²) in [6, 6.07) is 5.24. The van der Waals surface area contributed by atoms with Gasteiger partial charge in [0.1, 0.15) is 0 Å². The Hall–Kier alpha value is -1.71. The van der Waals surface area contributed by atoms with Gasteiger partial charge in [0.15, 0.2) is 0 Å². The van der Waals surface area contributed by atoms with Crippen molar-refractivity contribution in [3.63, 3.8) is 0 Å². The molecule has 1 atom stereocenters. The van der Waals surface area contributed by atoms with E-state index in [1.807, 2.05) is 6.92 Å². The van der Waals surface area contributed by atoms with Gasteiger partial charge in [-0.15, -0.1) is 0 Å². The third-order valence-electron chi connectivity index (χ3n) is 2.35. The molecule has 0 aromatic heterocycles. The van der Waals surface area contributed by atoms with Gasteiger partial charge in [0.2, 0.25) is 0 Å². The Labute approximate surface area is 89.1 Å². The number of benzene rings is 1. The van der Waals surface area contributed by atoms with Gasteiger partial charge < -0.3 is 16.2 Å². The summed E-state index contributed by atoms with van der Waals surface area (Å²) in [4.78, 5) is 10.8. The van der Waals surface area contributed by atoms with E-state index in [9.17, 15) is 4.79 Å². The van der Waals surface area contributed by atoms with Crippen molar-refractivity contribution in [2.75, 3.05) is 11.1 Å². The third-order valence-corrected chi connectivity index (χ3v) is 2.35. The number of rotatable bonds is 4. The fourth-order valence-corrected chi connectivity index (χ4v) is 1.25. The first kappa shape index (κ1) is 11.4. The second-order valence-electron chi connectivity index (χ2n) is 3.53. The highest BCUT2D eigenvalue weighted by molar-refractivity contribution is 5.97. The van der Waals surface area contributed by atoms with Crippen molar-refractivity contribution >= 4 is 17.3 Å². The molecule has 1 aromatic carbocycles. The number of anilines is 2. The molecule has 0 spiro atoms. The monoisotopic (exact) mass is 208 g/mol. The van der Waals surface area contributed by atoms with E-state index in [0.717, 1.165) is 6.42 Å². The molecule has 0 radical (unpaired) electrons. The molecule has 0 aliphatic carbocycles. The van der Waals surface area contributed by atoms with Crippen LogP contribution in [0.2, 0.25) is 0 Å². The van der Waals surface area contributed by atoms with Crippen molar-refractivity contribution in [2.24, 2.45) is 0 Å². The average Bonchev–Trinajstić information content (AvgIpc) is 2.20. The molecule has 1 unspecified atom stereocenters. The Balaban J connectivity index is 2.99. The fraction of sp³-hybridized carbons (Fsp3) is 0.364. The van der Waals surface area contributed by atoms with E-state index in [0.29, 0.717) is 11.4 Å². The van der Waals surface area contributed by atoms with Crippen molar-refractivity contribution in [1.29, 1.82) is 0 Å². The minimum atomic E-state index is -1.000. The van der Waals surface area contributed by atoms with Crippen LogP contribution in [0.15, 0.2) is 18.2 Å². The van der Waals surface area contributed by atoms with E-state index in [-0.39, 0.29) is 11.6 Å². The van der Waals surface area contributed by atoms with Gasteiger partial charge in [0.25, 0.3) is 0 Å². The average molecular weight is 208 g/mol. The van der Waals surface area contributed by atoms with Gasteiger partial charge in [0.05, 0.1) is 16.9 Å². The summed E-state index contributed by atoms with van der Waals surface area (Å²) >= 11 is 0. The fourth-order valence-electron chi connectivity index (χ4n) is 1.25. The quantitative estimate of drug-likeness (QED) is 0.663. The Morgan fingerprint density at radius 3 is 2.80 bits per heavy atom. The van der Waals surface area contributed by atoms with E-state index in [4.69, 9.17) is 10.8 Å². The number of carboxylic acid groups (broad SMARTS) is 1. The summed E-state index contributed by atoms with van der Waals surface area (Å²) in [5.41, 5.74) is 6.87. The van der Waals surface area contributed by atoms with Crippen LogP contribution >= 0.6 is 0 Å². The number of nitrogens with one attached hydrogen (secondary N) is 1. The number of nitrogen functional groups attached to an aromatic ring is 1. The van der Waals surface area contributed by atoms with Crippen LogP contribution < -0.4 is 11.1 Å². The maximum absolute atomic E-state index is 10.8. The predicted octanol–water partition coefficient (Wildman–Crippen LogP) is 2.18. The van der Waals surface area contributed by atoms with Crippen molar-refractivity contribution in [2.45, 2.75) is 26.3 Å². The Morgan fingerprint density at radius 1 is 1.60 bits per heavy atom. The zero-order chi connectivity index (χ0) is 11.4. The van der Waals surface area contributed by atoms with E-state index < -0.39 is 5.97 Å². The molecular weight excluding hydrogens is 192 g/mol. The van der Waals surface area contributed by atoms with Gasteiger partial charge in [-0.3, -0.25) is 0 Å². The predicted molar refractivity (Wildman–Crippen MR) is 61.2 cm³/mol. The van der Waals surface area contributed by atoms with Crippen LogP contribution in [-0.4, -0.2) is 17.1 Å². The SMILES string of the molecule is CCC(C)Nc1cccc(C(=O)O)c1N. The second-order valence-corrected chi connectivity index (χ2v) is 3.53. The summed E-state index contributed by atoms with van der Waals surface area (Å²) in [5, 5.41) is 12.0. The van der Waals surface area contributed by atoms with Crippen LogP contribution in [0.5, 0.6) is 0 Å². The van der Waals surface area contributed by atoms with Crippen LogP contribution in [-0.2, 0) is 0 Å². The molecule has 0 aliphatic heterocycles. The Kier molecular flexibility index (Phi) is 3.55. The lowest BCUT2D eigenvalue weighted by Gasteiger charge is -2.15. The summed E-state index contributed by atoms with van der Waals surface area (Å²) in [5.74, 6) is -1.000. The van der Waals surface area contributed by atoms with Crippen LogP contribution in [0.3, 0.4) is 0 Å². The number of para-hydroxylation sites is 1. The molecule has 1 rings (SSSR count). The van der Waals surface area contributed by atoms with Gasteiger partial charge in [-0.2, -0.15) is 0 Å². The Bertz CT molecular complexity index is 364. The number of hydrogen-bond donors (Lipinski definition) is 3. The molecule has 15 heavy (non-hydrogen) atoms. The van der Waals surface area contributed by atoms with Crippen LogP contribution in [0, 0.1) is 0 Å². The number of hydrogen-bond acceptors (Lipinski definition) is 3. The van der Waals surface area contributed by atoms with Crippen molar-refractivity contribution in [1.82, 2.24) is 0 Å². The lowest BCUT2D eigenvalue weighted by Crippen LogP contribution is -2.15. The minimum absolute atomic E-state index is 0.142. The summed E-state index contributed by atoms with van der Waals surface area (Å²) < 4.78 is 0. The van der Waals surface area contributed by atoms with Gasteiger partial charge in [0, 0.05) is 6.04 Å². The standard InChI is InChI=1S/C11H16N2O2/c1-3-7(2)13-9-6-4-5-8(10(9)12)11(14)15/h4-7,13H,3,12H2,1-2H3,(H,14,15). The van der Waals surface area contributed by atoms with Gasteiger partial charge >= 0.3 is 5.97 Å².